The first kappa shape index (κ1) is 20.9. The first-order chi connectivity index (χ1) is 10.3. The number of amides is 1. The Bertz CT molecular complexity index is 312. The number of hydrogen-bond donors (Lipinski definition) is 2. The maximum atomic E-state index is 11.7. The molecule has 5 nitrogen and oxygen atoms in total. The van der Waals surface area contributed by atoms with Crippen LogP contribution in [0.25, 0.3) is 0 Å². The van der Waals surface area contributed by atoms with Crippen molar-refractivity contribution in [3.63, 3.8) is 0 Å². The van der Waals surface area contributed by atoms with E-state index in [1.807, 2.05) is 26.8 Å². The van der Waals surface area contributed by atoms with Crippen molar-refractivity contribution in [2.75, 3.05) is 32.8 Å². The standard InChI is InChI=1S/C17H34N2O3/c1-7-8-10-21-11-9-18-12-15(14(2)3)13-19-16(20)22-17(4,5)6/h7,14-15,18H,1,8-13H2,2-6H3,(H,19,20). The largest absolute Gasteiger partial charge is 0.444 e. The summed E-state index contributed by atoms with van der Waals surface area (Å²) in [7, 11) is 0. The monoisotopic (exact) mass is 314 g/mol. The van der Waals surface area contributed by atoms with Gasteiger partial charge in [0.05, 0.1) is 13.2 Å². The highest BCUT2D eigenvalue weighted by Crippen LogP contribution is 2.10. The molecule has 0 aliphatic carbocycles. The molecule has 1 amide bonds. The zero-order valence-electron chi connectivity index (χ0n) is 14.9. The quantitative estimate of drug-likeness (QED) is 0.455. The van der Waals surface area contributed by atoms with E-state index in [9.17, 15) is 4.79 Å². The Morgan fingerprint density at radius 1 is 1.23 bits per heavy atom. The summed E-state index contributed by atoms with van der Waals surface area (Å²) in [5.41, 5.74) is -0.460. The molecule has 0 aliphatic rings. The maximum Gasteiger partial charge on any atom is 0.407 e. The van der Waals surface area contributed by atoms with Gasteiger partial charge in [-0.1, -0.05) is 19.9 Å². The Hall–Kier alpha value is -1.07. The Kier molecular flexibility index (Phi) is 10.9. The lowest BCUT2D eigenvalue weighted by atomic mass is 9.96. The Morgan fingerprint density at radius 2 is 1.91 bits per heavy atom. The van der Waals surface area contributed by atoms with Crippen LogP contribution in [-0.2, 0) is 9.47 Å². The van der Waals surface area contributed by atoms with Gasteiger partial charge in [0.2, 0.25) is 0 Å². The fourth-order valence-corrected chi connectivity index (χ4v) is 1.77. The number of hydrogen-bond acceptors (Lipinski definition) is 4. The number of carbonyl (C=O) groups excluding carboxylic acids is 1. The molecule has 0 fully saturated rings. The van der Waals surface area contributed by atoms with Crippen molar-refractivity contribution in [3.05, 3.63) is 12.7 Å². The van der Waals surface area contributed by atoms with E-state index in [-0.39, 0.29) is 6.09 Å². The van der Waals surface area contributed by atoms with E-state index in [2.05, 4.69) is 31.1 Å². The molecule has 0 aromatic carbocycles. The van der Waals surface area contributed by atoms with Gasteiger partial charge in [-0.3, -0.25) is 0 Å². The predicted octanol–water partition coefficient (Wildman–Crippen LogP) is 2.97. The maximum absolute atomic E-state index is 11.7. The van der Waals surface area contributed by atoms with Crippen molar-refractivity contribution in [2.24, 2.45) is 11.8 Å². The van der Waals surface area contributed by atoms with Crippen molar-refractivity contribution >= 4 is 6.09 Å². The average molecular weight is 314 g/mol. The highest BCUT2D eigenvalue weighted by Gasteiger charge is 2.18. The number of ether oxygens (including phenoxy) is 2. The van der Waals surface area contributed by atoms with E-state index in [1.165, 1.54) is 0 Å². The summed E-state index contributed by atoms with van der Waals surface area (Å²) in [5.74, 6) is 0.838. The van der Waals surface area contributed by atoms with Crippen LogP contribution in [0.2, 0.25) is 0 Å². The van der Waals surface area contributed by atoms with Crippen LogP contribution in [0.5, 0.6) is 0 Å². The molecule has 0 radical (unpaired) electrons. The van der Waals surface area contributed by atoms with E-state index < -0.39 is 5.60 Å². The molecule has 0 saturated carbocycles. The number of rotatable bonds is 11. The molecular weight excluding hydrogens is 280 g/mol. The summed E-state index contributed by atoms with van der Waals surface area (Å²) in [6.45, 7) is 17.2. The lowest BCUT2D eigenvalue weighted by molar-refractivity contribution is 0.0514. The van der Waals surface area contributed by atoms with Crippen molar-refractivity contribution in [2.45, 2.75) is 46.6 Å². The number of alkyl carbamates (subject to hydrolysis) is 1. The van der Waals surface area contributed by atoms with Gasteiger partial charge >= 0.3 is 6.09 Å². The van der Waals surface area contributed by atoms with Gasteiger partial charge in [-0.25, -0.2) is 4.79 Å². The molecule has 0 aliphatic heterocycles. The van der Waals surface area contributed by atoms with Crippen LogP contribution in [-0.4, -0.2) is 44.5 Å². The molecule has 0 aromatic heterocycles. The number of nitrogens with one attached hydrogen (secondary N) is 2. The zero-order chi connectivity index (χ0) is 17.0. The second kappa shape index (κ2) is 11.5. The predicted molar refractivity (Wildman–Crippen MR) is 91.1 cm³/mol. The molecule has 0 rings (SSSR count). The Labute approximate surface area is 135 Å². The molecule has 5 heteroatoms. The summed E-state index contributed by atoms with van der Waals surface area (Å²) in [6.07, 6.45) is 2.38. The minimum Gasteiger partial charge on any atom is -0.444 e. The van der Waals surface area contributed by atoms with Gasteiger partial charge in [0.15, 0.2) is 0 Å². The van der Waals surface area contributed by atoms with Crippen molar-refractivity contribution in [1.29, 1.82) is 0 Å². The molecule has 1 unspecified atom stereocenters. The zero-order valence-corrected chi connectivity index (χ0v) is 14.9. The highest BCUT2D eigenvalue weighted by atomic mass is 16.6. The van der Waals surface area contributed by atoms with Crippen LogP contribution in [0.4, 0.5) is 4.79 Å². The van der Waals surface area contributed by atoms with E-state index in [0.29, 0.717) is 25.0 Å². The van der Waals surface area contributed by atoms with Gasteiger partial charge in [-0.2, -0.15) is 0 Å². The van der Waals surface area contributed by atoms with E-state index >= 15 is 0 Å². The first-order valence-corrected chi connectivity index (χ1v) is 8.12. The second-order valence-corrected chi connectivity index (χ2v) is 6.78. The molecule has 0 heterocycles. The van der Waals surface area contributed by atoms with E-state index in [1.54, 1.807) is 0 Å². The molecule has 22 heavy (non-hydrogen) atoms. The molecule has 0 spiro atoms. The summed E-state index contributed by atoms with van der Waals surface area (Å²) in [6, 6.07) is 0. The first-order valence-electron chi connectivity index (χ1n) is 8.12. The fraction of sp³-hybridized carbons (Fsp3) is 0.824. The molecule has 0 aromatic rings. The van der Waals surface area contributed by atoms with Crippen LogP contribution in [0.1, 0.15) is 41.0 Å². The van der Waals surface area contributed by atoms with Gasteiger partial charge < -0.3 is 20.1 Å². The van der Waals surface area contributed by atoms with Crippen LogP contribution in [0.15, 0.2) is 12.7 Å². The minimum atomic E-state index is -0.460. The smallest absolute Gasteiger partial charge is 0.407 e. The Balaban J connectivity index is 3.87. The lowest BCUT2D eigenvalue weighted by Gasteiger charge is -2.24. The van der Waals surface area contributed by atoms with Crippen LogP contribution >= 0.6 is 0 Å². The van der Waals surface area contributed by atoms with Crippen LogP contribution in [0, 0.1) is 11.8 Å². The summed E-state index contributed by atoms with van der Waals surface area (Å²) in [5, 5.41) is 6.22. The minimum absolute atomic E-state index is 0.356. The van der Waals surface area contributed by atoms with Gasteiger partial charge in [0.25, 0.3) is 0 Å². The molecule has 2 N–H and O–H groups in total. The normalized spacial score (nSPS) is 13.0. The highest BCUT2D eigenvalue weighted by molar-refractivity contribution is 5.67. The molecular formula is C17H34N2O3. The van der Waals surface area contributed by atoms with Crippen LogP contribution < -0.4 is 10.6 Å². The third-order valence-corrected chi connectivity index (χ3v) is 3.15. The van der Waals surface area contributed by atoms with E-state index in [4.69, 9.17) is 9.47 Å². The SMILES string of the molecule is C=CCCOCCNCC(CNC(=O)OC(C)(C)C)C(C)C. The summed E-state index contributed by atoms with van der Waals surface area (Å²) >= 11 is 0. The van der Waals surface area contributed by atoms with Crippen molar-refractivity contribution < 1.29 is 14.3 Å². The van der Waals surface area contributed by atoms with Gasteiger partial charge in [-0.15, -0.1) is 6.58 Å². The average Bonchev–Trinajstić information content (AvgIpc) is 2.38. The van der Waals surface area contributed by atoms with Gasteiger partial charge in [-0.05, 0) is 45.6 Å². The summed E-state index contributed by atoms with van der Waals surface area (Å²) < 4.78 is 10.7. The Morgan fingerprint density at radius 3 is 2.45 bits per heavy atom. The third kappa shape index (κ3) is 12.7. The van der Waals surface area contributed by atoms with Gasteiger partial charge in [0, 0.05) is 13.1 Å². The third-order valence-electron chi connectivity index (χ3n) is 3.15. The second-order valence-electron chi connectivity index (χ2n) is 6.78. The number of carbonyl (C=O) groups is 1. The van der Waals surface area contributed by atoms with Gasteiger partial charge in [0.1, 0.15) is 5.60 Å². The van der Waals surface area contributed by atoms with Crippen molar-refractivity contribution in [3.8, 4) is 0 Å². The lowest BCUT2D eigenvalue weighted by Crippen LogP contribution is -2.40. The summed E-state index contributed by atoms with van der Waals surface area (Å²) in [4.78, 5) is 11.7. The molecule has 0 bridgehead atoms. The van der Waals surface area contributed by atoms with Crippen LogP contribution in [0.3, 0.4) is 0 Å². The van der Waals surface area contributed by atoms with Crippen molar-refractivity contribution in [1.82, 2.24) is 10.6 Å². The molecule has 1 atom stereocenters. The van der Waals surface area contributed by atoms with E-state index in [0.717, 1.165) is 26.1 Å². The molecule has 130 valence electrons. The molecule has 0 saturated heterocycles. The topological polar surface area (TPSA) is 59.6 Å². The fourth-order valence-electron chi connectivity index (χ4n) is 1.77.